The van der Waals surface area contributed by atoms with Crippen molar-refractivity contribution in [2.45, 2.75) is 38.7 Å². The number of rotatable bonds is 4. The average molecular weight is 304 g/mol. The highest BCUT2D eigenvalue weighted by molar-refractivity contribution is 9.09. The molecule has 0 spiro atoms. The zero-order valence-electron chi connectivity index (χ0n) is 10.5. The van der Waals surface area contributed by atoms with Crippen molar-refractivity contribution in [2.24, 2.45) is 11.8 Å². The van der Waals surface area contributed by atoms with Gasteiger partial charge < -0.3 is 9.64 Å². The zero-order chi connectivity index (χ0) is 12.3. The van der Waals surface area contributed by atoms with Crippen LogP contribution in [0.15, 0.2) is 0 Å². The van der Waals surface area contributed by atoms with Crippen LogP contribution in [0.1, 0.15) is 32.6 Å². The lowest BCUT2D eigenvalue weighted by Crippen LogP contribution is -2.37. The molecule has 1 amide bonds. The fourth-order valence-electron chi connectivity index (χ4n) is 2.99. The van der Waals surface area contributed by atoms with Gasteiger partial charge in [0.2, 0.25) is 5.91 Å². The molecule has 98 valence electrons. The Morgan fingerprint density at radius 3 is 3.00 bits per heavy atom. The van der Waals surface area contributed by atoms with Gasteiger partial charge in [-0.2, -0.15) is 0 Å². The summed E-state index contributed by atoms with van der Waals surface area (Å²) in [4.78, 5) is 14.5. The molecule has 0 aromatic carbocycles. The van der Waals surface area contributed by atoms with Crippen LogP contribution in [-0.4, -0.2) is 41.9 Å². The summed E-state index contributed by atoms with van der Waals surface area (Å²) in [5.41, 5.74) is 0. The van der Waals surface area contributed by atoms with E-state index in [1.54, 1.807) is 0 Å². The first kappa shape index (κ1) is 13.3. The summed E-state index contributed by atoms with van der Waals surface area (Å²) in [6.07, 6.45) is 4.38. The van der Waals surface area contributed by atoms with E-state index >= 15 is 0 Å². The van der Waals surface area contributed by atoms with Crippen LogP contribution in [0.4, 0.5) is 0 Å². The molecule has 0 saturated carbocycles. The number of carbonyl (C=O) groups excluding carboxylic acids is 1. The Morgan fingerprint density at radius 1 is 1.47 bits per heavy atom. The number of nitrogens with zero attached hydrogens (tertiary/aromatic N) is 1. The van der Waals surface area contributed by atoms with Gasteiger partial charge in [0, 0.05) is 25.0 Å². The van der Waals surface area contributed by atoms with Gasteiger partial charge >= 0.3 is 0 Å². The summed E-state index contributed by atoms with van der Waals surface area (Å²) in [5.74, 6) is 1.16. The molecule has 0 aromatic heterocycles. The second-order valence-electron chi connectivity index (χ2n) is 5.13. The van der Waals surface area contributed by atoms with Crippen LogP contribution in [0, 0.1) is 11.8 Å². The van der Waals surface area contributed by atoms with E-state index in [2.05, 4.69) is 27.8 Å². The Hall–Kier alpha value is -0.0900. The number of hydrogen-bond donors (Lipinski definition) is 0. The minimum atomic E-state index is 0.128. The molecule has 4 heteroatoms. The summed E-state index contributed by atoms with van der Waals surface area (Å²) < 4.78 is 5.61. The molecule has 0 N–H and O–H groups in total. The van der Waals surface area contributed by atoms with Crippen molar-refractivity contribution in [3.8, 4) is 0 Å². The van der Waals surface area contributed by atoms with Crippen LogP contribution < -0.4 is 0 Å². The van der Waals surface area contributed by atoms with Crippen molar-refractivity contribution in [3.05, 3.63) is 0 Å². The monoisotopic (exact) mass is 303 g/mol. The second kappa shape index (κ2) is 6.19. The number of halogens is 1. The van der Waals surface area contributed by atoms with Crippen LogP contribution in [0.3, 0.4) is 0 Å². The van der Waals surface area contributed by atoms with E-state index in [0.717, 1.165) is 37.9 Å². The molecular formula is C13H22BrNO2. The highest BCUT2D eigenvalue weighted by Crippen LogP contribution is 2.28. The lowest BCUT2D eigenvalue weighted by atomic mass is 9.98. The SMILES string of the molecule is CCC1OCCC1C(=O)N1CCC(CCBr)C1. The second-order valence-corrected chi connectivity index (χ2v) is 5.92. The lowest BCUT2D eigenvalue weighted by Gasteiger charge is -2.23. The fourth-order valence-corrected chi connectivity index (χ4v) is 3.64. The topological polar surface area (TPSA) is 29.5 Å². The number of alkyl halides is 1. The molecule has 3 atom stereocenters. The third kappa shape index (κ3) is 3.02. The summed E-state index contributed by atoms with van der Waals surface area (Å²) in [7, 11) is 0. The van der Waals surface area contributed by atoms with Crippen molar-refractivity contribution in [2.75, 3.05) is 25.0 Å². The van der Waals surface area contributed by atoms with Gasteiger partial charge in [-0.1, -0.05) is 22.9 Å². The highest BCUT2D eigenvalue weighted by atomic mass is 79.9. The molecule has 0 radical (unpaired) electrons. The third-order valence-corrected chi connectivity index (χ3v) is 4.50. The van der Waals surface area contributed by atoms with Crippen molar-refractivity contribution in [3.63, 3.8) is 0 Å². The van der Waals surface area contributed by atoms with Crippen molar-refractivity contribution in [1.29, 1.82) is 0 Å². The maximum absolute atomic E-state index is 12.4. The van der Waals surface area contributed by atoms with E-state index in [0.29, 0.717) is 11.8 Å². The summed E-state index contributed by atoms with van der Waals surface area (Å²) in [6.45, 7) is 4.77. The van der Waals surface area contributed by atoms with E-state index in [1.807, 2.05) is 0 Å². The number of ether oxygens (including phenoxy) is 1. The van der Waals surface area contributed by atoms with Crippen LogP contribution in [0.25, 0.3) is 0 Å². The van der Waals surface area contributed by atoms with Gasteiger partial charge in [-0.15, -0.1) is 0 Å². The summed E-state index contributed by atoms with van der Waals surface area (Å²) in [6, 6.07) is 0. The molecule has 3 nitrogen and oxygen atoms in total. The number of hydrogen-bond acceptors (Lipinski definition) is 2. The van der Waals surface area contributed by atoms with Gasteiger partial charge in [-0.25, -0.2) is 0 Å². The molecule has 2 rings (SSSR count). The molecule has 2 heterocycles. The van der Waals surface area contributed by atoms with Gasteiger partial charge in [-0.3, -0.25) is 4.79 Å². The van der Waals surface area contributed by atoms with E-state index in [9.17, 15) is 4.79 Å². The Kier molecular flexibility index (Phi) is 4.86. The summed E-state index contributed by atoms with van der Waals surface area (Å²) >= 11 is 3.48. The predicted octanol–water partition coefficient (Wildman–Crippen LogP) is 2.44. The predicted molar refractivity (Wildman–Crippen MR) is 71.2 cm³/mol. The molecule has 0 bridgehead atoms. The smallest absolute Gasteiger partial charge is 0.228 e. The number of likely N-dealkylation sites (tertiary alicyclic amines) is 1. The van der Waals surface area contributed by atoms with Gasteiger partial charge in [-0.05, 0) is 31.6 Å². The van der Waals surface area contributed by atoms with Crippen LogP contribution >= 0.6 is 15.9 Å². The zero-order valence-corrected chi connectivity index (χ0v) is 12.1. The van der Waals surface area contributed by atoms with E-state index in [4.69, 9.17) is 4.74 Å². The normalized spacial score (nSPS) is 33.3. The Morgan fingerprint density at radius 2 is 2.29 bits per heavy atom. The first-order valence-electron chi connectivity index (χ1n) is 6.72. The Bertz CT molecular complexity index is 272. The minimum absolute atomic E-state index is 0.128. The van der Waals surface area contributed by atoms with E-state index < -0.39 is 0 Å². The maximum atomic E-state index is 12.4. The Labute approximate surface area is 112 Å². The largest absolute Gasteiger partial charge is 0.377 e. The molecule has 17 heavy (non-hydrogen) atoms. The van der Waals surface area contributed by atoms with Gasteiger partial charge in [0.05, 0.1) is 12.0 Å². The van der Waals surface area contributed by atoms with Crippen LogP contribution in [-0.2, 0) is 9.53 Å². The van der Waals surface area contributed by atoms with E-state index in [1.165, 1.54) is 12.8 Å². The minimum Gasteiger partial charge on any atom is -0.377 e. The molecule has 2 aliphatic rings. The Balaban J connectivity index is 1.88. The molecule has 0 aliphatic carbocycles. The average Bonchev–Trinajstić information content (AvgIpc) is 2.96. The van der Waals surface area contributed by atoms with E-state index in [-0.39, 0.29) is 12.0 Å². The fraction of sp³-hybridized carbons (Fsp3) is 0.923. The molecule has 0 aromatic rings. The number of amides is 1. The van der Waals surface area contributed by atoms with Gasteiger partial charge in [0.15, 0.2) is 0 Å². The molecule has 2 saturated heterocycles. The van der Waals surface area contributed by atoms with Crippen molar-refractivity contribution >= 4 is 21.8 Å². The molecule has 2 aliphatic heterocycles. The third-order valence-electron chi connectivity index (χ3n) is 4.04. The van der Waals surface area contributed by atoms with Crippen molar-refractivity contribution < 1.29 is 9.53 Å². The van der Waals surface area contributed by atoms with Crippen molar-refractivity contribution in [1.82, 2.24) is 4.90 Å². The lowest BCUT2D eigenvalue weighted by molar-refractivity contribution is -0.136. The number of carbonyl (C=O) groups is 1. The first-order chi connectivity index (χ1) is 8.26. The first-order valence-corrected chi connectivity index (χ1v) is 7.84. The molecular weight excluding hydrogens is 282 g/mol. The molecule has 2 fully saturated rings. The highest BCUT2D eigenvalue weighted by Gasteiger charge is 2.37. The quantitative estimate of drug-likeness (QED) is 0.747. The summed E-state index contributed by atoms with van der Waals surface area (Å²) in [5, 5.41) is 1.05. The van der Waals surface area contributed by atoms with Gasteiger partial charge in [0.25, 0.3) is 0 Å². The molecule has 3 unspecified atom stereocenters. The van der Waals surface area contributed by atoms with Crippen LogP contribution in [0.2, 0.25) is 0 Å². The maximum Gasteiger partial charge on any atom is 0.228 e. The van der Waals surface area contributed by atoms with Gasteiger partial charge in [0.1, 0.15) is 0 Å². The standard InChI is InChI=1S/C13H22BrNO2/c1-2-12-11(5-8-17-12)13(16)15-7-4-10(9-15)3-6-14/h10-12H,2-9H2,1H3. The van der Waals surface area contributed by atoms with Crippen LogP contribution in [0.5, 0.6) is 0 Å².